The number of rotatable bonds is 4. The van der Waals surface area contributed by atoms with Gasteiger partial charge in [0, 0.05) is 22.3 Å². The highest BCUT2D eigenvalue weighted by atomic mass is 79.9. The van der Waals surface area contributed by atoms with Crippen LogP contribution in [0.15, 0.2) is 40.9 Å². The van der Waals surface area contributed by atoms with Gasteiger partial charge in [0.2, 0.25) is 0 Å². The number of halogens is 1. The van der Waals surface area contributed by atoms with Crippen LogP contribution in [-0.4, -0.2) is 12.2 Å². The summed E-state index contributed by atoms with van der Waals surface area (Å²) < 4.78 is 6.17. The molecule has 0 unspecified atom stereocenters. The zero-order valence-corrected chi connectivity index (χ0v) is 12.5. The second-order valence-corrected chi connectivity index (χ2v) is 5.14. The van der Waals surface area contributed by atoms with Crippen LogP contribution in [0.1, 0.15) is 11.1 Å². The molecular weight excluding hydrogens is 306 g/mol. The van der Waals surface area contributed by atoms with Gasteiger partial charge in [-0.05, 0) is 36.8 Å². The topological polar surface area (TPSA) is 41.5 Å². The Bertz CT molecular complexity index is 584. The number of methoxy groups -OCH3 is 1. The summed E-state index contributed by atoms with van der Waals surface area (Å²) in [4.78, 5) is 0. The van der Waals surface area contributed by atoms with Crippen LogP contribution in [0.5, 0.6) is 11.5 Å². The summed E-state index contributed by atoms with van der Waals surface area (Å²) in [7, 11) is 1.55. The second-order valence-electron chi connectivity index (χ2n) is 4.29. The smallest absolute Gasteiger partial charge is 0.162 e. The molecule has 0 aliphatic rings. The third-order valence-electron chi connectivity index (χ3n) is 2.94. The largest absolute Gasteiger partial charge is 0.504 e. The molecule has 0 amide bonds. The maximum Gasteiger partial charge on any atom is 0.162 e. The number of phenols is 1. The second kappa shape index (κ2) is 5.97. The Balaban J connectivity index is 2.12. The highest BCUT2D eigenvalue weighted by Crippen LogP contribution is 2.30. The number of aromatic hydroxyl groups is 1. The first-order valence-electron chi connectivity index (χ1n) is 5.96. The van der Waals surface area contributed by atoms with E-state index in [2.05, 4.69) is 27.3 Å². The number of phenolic OH excluding ortho intramolecular Hbond substituents is 1. The molecule has 100 valence electrons. The number of hydrogen-bond donors (Lipinski definition) is 2. The number of anilines is 1. The molecule has 0 aliphatic carbocycles. The number of para-hydroxylation sites is 1. The summed E-state index contributed by atoms with van der Waals surface area (Å²) in [6, 6.07) is 11.5. The summed E-state index contributed by atoms with van der Waals surface area (Å²) >= 11 is 3.47. The van der Waals surface area contributed by atoms with Crippen LogP contribution in [0.4, 0.5) is 5.69 Å². The van der Waals surface area contributed by atoms with Crippen LogP contribution in [0.3, 0.4) is 0 Å². The molecule has 0 saturated heterocycles. The Morgan fingerprint density at radius 1 is 1.26 bits per heavy atom. The molecule has 19 heavy (non-hydrogen) atoms. The number of aryl methyl sites for hydroxylation is 1. The molecule has 0 aromatic heterocycles. The zero-order chi connectivity index (χ0) is 13.8. The van der Waals surface area contributed by atoms with E-state index in [1.165, 1.54) is 5.56 Å². The summed E-state index contributed by atoms with van der Waals surface area (Å²) in [6.45, 7) is 2.59. The van der Waals surface area contributed by atoms with Crippen LogP contribution in [0.25, 0.3) is 0 Å². The van der Waals surface area contributed by atoms with Gasteiger partial charge in [-0.3, -0.25) is 0 Å². The molecule has 4 heteroatoms. The lowest BCUT2D eigenvalue weighted by atomic mass is 10.1. The molecule has 2 aromatic carbocycles. The standard InChI is InChI=1S/C15H16BrNO2/c1-10-8-12(6-7-13(10)16)17-9-11-4-3-5-14(19-2)15(11)18/h3-8,17-18H,9H2,1-2H3. The van der Waals surface area contributed by atoms with Gasteiger partial charge in [-0.25, -0.2) is 0 Å². The molecule has 0 saturated carbocycles. The highest BCUT2D eigenvalue weighted by molar-refractivity contribution is 9.10. The summed E-state index contributed by atoms with van der Waals surface area (Å²) in [5.41, 5.74) is 2.99. The van der Waals surface area contributed by atoms with E-state index in [1.54, 1.807) is 13.2 Å². The van der Waals surface area contributed by atoms with Crippen molar-refractivity contribution in [3.63, 3.8) is 0 Å². The molecule has 0 radical (unpaired) electrons. The minimum absolute atomic E-state index is 0.186. The quantitative estimate of drug-likeness (QED) is 0.891. The maximum atomic E-state index is 9.99. The average molecular weight is 322 g/mol. The van der Waals surface area contributed by atoms with Crippen LogP contribution in [0.2, 0.25) is 0 Å². The van der Waals surface area contributed by atoms with Crippen molar-refractivity contribution in [2.45, 2.75) is 13.5 Å². The van der Waals surface area contributed by atoms with E-state index in [0.29, 0.717) is 12.3 Å². The van der Waals surface area contributed by atoms with Crippen molar-refractivity contribution in [2.75, 3.05) is 12.4 Å². The fourth-order valence-corrected chi connectivity index (χ4v) is 2.07. The Labute approximate surface area is 121 Å². The summed E-state index contributed by atoms with van der Waals surface area (Å²) in [5.74, 6) is 0.678. The van der Waals surface area contributed by atoms with Crippen LogP contribution in [0, 0.1) is 6.92 Å². The van der Waals surface area contributed by atoms with Gasteiger partial charge < -0.3 is 15.2 Å². The lowest BCUT2D eigenvalue weighted by Gasteiger charge is -2.11. The van der Waals surface area contributed by atoms with Gasteiger partial charge in [-0.1, -0.05) is 28.1 Å². The van der Waals surface area contributed by atoms with Gasteiger partial charge >= 0.3 is 0 Å². The first kappa shape index (κ1) is 13.7. The Kier molecular flexibility index (Phi) is 4.32. The van der Waals surface area contributed by atoms with Crippen molar-refractivity contribution in [2.24, 2.45) is 0 Å². The maximum absolute atomic E-state index is 9.99. The monoisotopic (exact) mass is 321 g/mol. The Hall–Kier alpha value is -1.68. The molecular formula is C15H16BrNO2. The molecule has 2 N–H and O–H groups in total. The first-order chi connectivity index (χ1) is 9.11. The molecule has 0 heterocycles. The molecule has 3 nitrogen and oxygen atoms in total. The van der Waals surface area contributed by atoms with E-state index in [0.717, 1.165) is 15.7 Å². The minimum atomic E-state index is 0.186. The third-order valence-corrected chi connectivity index (χ3v) is 3.83. The lowest BCUT2D eigenvalue weighted by molar-refractivity contribution is 0.371. The number of hydrogen-bond acceptors (Lipinski definition) is 3. The molecule has 0 spiro atoms. The molecule has 0 fully saturated rings. The fraction of sp³-hybridized carbons (Fsp3) is 0.200. The van der Waals surface area contributed by atoms with Gasteiger partial charge in [0.15, 0.2) is 11.5 Å². The van der Waals surface area contributed by atoms with E-state index >= 15 is 0 Å². The predicted molar refractivity (Wildman–Crippen MR) is 80.9 cm³/mol. The van der Waals surface area contributed by atoms with Gasteiger partial charge in [-0.15, -0.1) is 0 Å². The van der Waals surface area contributed by atoms with E-state index in [1.807, 2.05) is 31.2 Å². The van der Waals surface area contributed by atoms with Crippen molar-refractivity contribution in [1.29, 1.82) is 0 Å². The van der Waals surface area contributed by atoms with Crippen molar-refractivity contribution in [3.8, 4) is 11.5 Å². The Morgan fingerprint density at radius 2 is 2.05 bits per heavy atom. The summed E-state index contributed by atoms with van der Waals surface area (Å²) in [5, 5.41) is 13.3. The van der Waals surface area contributed by atoms with E-state index in [4.69, 9.17) is 4.74 Å². The SMILES string of the molecule is COc1cccc(CNc2ccc(Br)c(C)c2)c1O. The molecule has 2 aromatic rings. The van der Waals surface area contributed by atoms with Crippen molar-refractivity contribution < 1.29 is 9.84 Å². The van der Waals surface area contributed by atoms with E-state index in [-0.39, 0.29) is 5.75 Å². The van der Waals surface area contributed by atoms with Gasteiger partial charge in [0.25, 0.3) is 0 Å². The van der Waals surface area contributed by atoms with Gasteiger partial charge in [0.05, 0.1) is 7.11 Å². The first-order valence-corrected chi connectivity index (χ1v) is 6.76. The summed E-state index contributed by atoms with van der Waals surface area (Å²) in [6.07, 6.45) is 0. The molecule has 2 rings (SSSR count). The van der Waals surface area contributed by atoms with E-state index in [9.17, 15) is 5.11 Å². The van der Waals surface area contributed by atoms with Crippen LogP contribution in [-0.2, 0) is 6.54 Å². The van der Waals surface area contributed by atoms with E-state index < -0.39 is 0 Å². The fourth-order valence-electron chi connectivity index (χ4n) is 1.83. The van der Waals surface area contributed by atoms with Crippen LogP contribution < -0.4 is 10.1 Å². The van der Waals surface area contributed by atoms with Crippen molar-refractivity contribution in [1.82, 2.24) is 0 Å². The van der Waals surface area contributed by atoms with Crippen molar-refractivity contribution in [3.05, 3.63) is 52.0 Å². The molecule has 0 atom stereocenters. The minimum Gasteiger partial charge on any atom is -0.504 e. The van der Waals surface area contributed by atoms with Gasteiger partial charge in [0.1, 0.15) is 0 Å². The van der Waals surface area contributed by atoms with Crippen LogP contribution >= 0.6 is 15.9 Å². The molecule has 0 bridgehead atoms. The normalized spacial score (nSPS) is 10.3. The Morgan fingerprint density at radius 3 is 2.74 bits per heavy atom. The average Bonchev–Trinajstić information content (AvgIpc) is 2.41. The number of nitrogens with one attached hydrogen (secondary N) is 1. The zero-order valence-electron chi connectivity index (χ0n) is 10.9. The third kappa shape index (κ3) is 3.20. The van der Waals surface area contributed by atoms with Gasteiger partial charge in [-0.2, -0.15) is 0 Å². The molecule has 0 aliphatic heterocycles. The lowest BCUT2D eigenvalue weighted by Crippen LogP contribution is -2.00. The highest BCUT2D eigenvalue weighted by Gasteiger charge is 2.07. The number of benzene rings is 2. The van der Waals surface area contributed by atoms with Crippen molar-refractivity contribution >= 4 is 21.6 Å². The number of ether oxygens (including phenoxy) is 1. The predicted octanol–water partition coefficient (Wildman–Crippen LogP) is 4.08.